The number of carbonyl (C=O) groups excluding carboxylic acids is 1. The van der Waals surface area contributed by atoms with Gasteiger partial charge in [0, 0.05) is 30.4 Å². The number of amides is 1. The first kappa shape index (κ1) is 16.1. The van der Waals surface area contributed by atoms with Crippen molar-refractivity contribution in [1.82, 2.24) is 10.3 Å². The molecule has 1 aromatic heterocycles. The molecule has 0 aliphatic heterocycles. The van der Waals surface area contributed by atoms with Crippen molar-refractivity contribution in [2.45, 2.75) is 32.2 Å². The van der Waals surface area contributed by atoms with E-state index in [1.54, 1.807) is 18.4 Å². The molecule has 1 fully saturated rings. The molecule has 5 heteroatoms. The van der Waals surface area contributed by atoms with Crippen LogP contribution in [0.3, 0.4) is 0 Å². The summed E-state index contributed by atoms with van der Waals surface area (Å²) in [7, 11) is 1.69. The van der Waals surface area contributed by atoms with Crippen LogP contribution in [0.15, 0.2) is 36.5 Å². The number of hydrogen-bond acceptors (Lipinski definition) is 4. The standard InChI is InChI=1S/C18H22N2O2S/c1-22-11-10-18(8-5-9-18)17(21)20-13-15-12-19-16(23-15)14-6-3-2-4-7-14/h2-4,6-7,12H,5,8-11,13H2,1H3,(H,20,21). The van der Waals surface area contributed by atoms with Crippen molar-refractivity contribution in [1.29, 1.82) is 0 Å². The lowest BCUT2D eigenvalue weighted by Gasteiger charge is -2.40. The van der Waals surface area contributed by atoms with Gasteiger partial charge in [0.2, 0.25) is 5.91 Å². The normalized spacial score (nSPS) is 15.9. The predicted molar refractivity (Wildman–Crippen MR) is 92.2 cm³/mol. The molecule has 1 saturated carbocycles. The van der Waals surface area contributed by atoms with Gasteiger partial charge in [-0.1, -0.05) is 36.8 Å². The minimum atomic E-state index is -0.205. The van der Waals surface area contributed by atoms with Crippen LogP contribution >= 0.6 is 11.3 Å². The average Bonchev–Trinajstić information content (AvgIpc) is 3.02. The zero-order chi connectivity index (χ0) is 16.1. The van der Waals surface area contributed by atoms with Crippen molar-refractivity contribution in [2.75, 3.05) is 13.7 Å². The summed E-state index contributed by atoms with van der Waals surface area (Å²) in [6, 6.07) is 10.1. The van der Waals surface area contributed by atoms with Crippen LogP contribution < -0.4 is 5.32 Å². The zero-order valence-electron chi connectivity index (χ0n) is 13.4. The molecule has 3 rings (SSSR count). The molecule has 1 aromatic carbocycles. The van der Waals surface area contributed by atoms with Crippen molar-refractivity contribution in [3.05, 3.63) is 41.4 Å². The van der Waals surface area contributed by atoms with E-state index in [9.17, 15) is 4.79 Å². The van der Waals surface area contributed by atoms with Gasteiger partial charge in [0.15, 0.2) is 0 Å². The molecular formula is C18H22N2O2S. The minimum absolute atomic E-state index is 0.162. The van der Waals surface area contributed by atoms with Gasteiger partial charge in [0.25, 0.3) is 0 Å². The highest BCUT2D eigenvalue weighted by atomic mass is 32.1. The van der Waals surface area contributed by atoms with Crippen molar-refractivity contribution in [3.8, 4) is 10.6 Å². The summed E-state index contributed by atoms with van der Waals surface area (Å²) in [5.74, 6) is 0.162. The lowest BCUT2D eigenvalue weighted by molar-refractivity contribution is -0.137. The van der Waals surface area contributed by atoms with Crippen molar-refractivity contribution < 1.29 is 9.53 Å². The van der Waals surface area contributed by atoms with Crippen LogP contribution in [-0.4, -0.2) is 24.6 Å². The number of nitrogens with zero attached hydrogens (tertiary/aromatic N) is 1. The third-order valence-electron chi connectivity index (χ3n) is 4.57. The van der Waals surface area contributed by atoms with Crippen LogP contribution in [0.5, 0.6) is 0 Å². The molecule has 1 amide bonds. The number of nitrogens with one attached hydrogen (secondary N) is 1. The number of benzene rings is 1. The van der Waals surface area contributed by atoms with Gasteiger partial charge in [-0.25, -0.2) is 4.98 Å². The SMILES string of the molecule is COCCC1(C(=O)NCc2cnc(-c3ccccc3)s2)CCC1. The van der Waals surface area contributed by atoms with Crippen molar-refractivity contribution >= 4 is 17.2 Å². The van der Waals surface area contributed by atoms with Crippen molar-refractivity contribution in [2.24, 2.45) is 5.41 Å². The highest BCUT2D eigenvalue weighted by Crippen LogP contribution is 2.44. The molecule has 0 spiro atoms. The van der Waals surface area contributed by atoms with E-state index in [-0.39, 0.29) is 11.3 Å². The minimum Gasteiger partial charge on any atom is -0.385 e. The molecule has 0 unspecified atom stereocenters. The number of carbonyl (C=O) groups is 1. The molecular weight excluding hydrogens is 308 g/mol. The van der Waals surface area contributed by atoms with Crippen LogP contribution in [0.25, 0.3) is 10.6 Å². The number of thiazole rings is 1. The fourth-order valence-corrected chi connectivity index (χ4v) is 3.81. The summed E-state index contributed by atoms with van der Waals surface area (Å²) in [6.07, 6.45) is 5.75. The van der Waals surface area contributed by atoms with Gasteiger partial charge in [0.1, 0.15) is 5.01 Å². The van der Waals surface area contributed by atoms with Crippen LogP contribution in [0.1, 0.15) is 30.6 Å². The van der Waals surface area contributed by atoms with Gasteiger partial charge in [-0.2, -0.15) is 0 Å². The Kier molecular flexibility index (Phi) is 5.08. The number of aromatic nitrogens is 1. The highest BCUT2D eigenvalue weighted by molar-refractivity contribution is 7.15. The van der Waals surface area contributed by atoms with E-state index < -0.39 is 0 Å². The Morgan fingerprint density at radius 2 is 2.13 bits per heavy atom. The molecule has 0 bridgehead atoms. The highest BCUT2D eigenvalue weighted by Gasteiger charge is 2.43. The second-order valence-electron chi connectivity index (χ2n) is 6.06. The second-order valence-corrected chi connectivity index (χ2v) is 7.17. The Bertz CT molecular complexity index is 650. The third-order valence-corrected chi connectivity index (χ3v) is 5.62. The van der Waals surface area contributed by atoms with E-state index in [2.05, 4.69) is 22.4 Å². The zero-order valence-corrected chi connectivity index (χ0v) is 14.2. The van der Waals surface area contributed by atoms with Gasteiger partial charge in [-0.05, 0) is 19.3 Å². The first-order valence-electron chi connectivity index (χ1n) is 8.01. The number of methoxy groups -OCH3 is 1. The number of rotatable bonds is 7. The Hall–Kier alpha value is -1.72. The van der Waals surface area contributed by atoms with Crippen LogP contribution in [-0.2, 0) is 16.1 Å². The summed E-state index contributed by atoms with van der Waals surface area (Å²) in [5.41, 5.74) is 0.911. The quantitative estimate of drug-likeness (QED) is 0.843. The molecule has 0 saturated heterocycles. The van der Waals surface area contributed by atoms with E-state index >= 15 is 0 Å². The summed E-state index contributed by atoms with van der Waals surface area (Å²) >= 11 is 1.63. The van der Waals surface area contributed by atoms with Crippen LogP contribution in [0, 0.1) is 5.41 Å². The molecule has 1 aliphatic carbocycles. The molecule has 1 heterocycles. The fraction of sp³-hybridized carbons (Fsp3) is 0.444. The third kappa shape index (κ3) is 3.62. The smallest absolute Gasteiger partial charge is 0.226 e. The van der Waals surface area contributed by atoms with Gasteiger partial charge in [-0.3, -0.25) is 4.79 Å². The Morgan fingerprint density at radius 1 is 1.35 bits per heavy atom. The first-order chi connectivity index (χ1) is 11.2. The maximum absolute atomic E-state index is 12.5. The van der Waals surface area contributed by atoms with Gasteiger partial charge >= 0.3 is 0 Å². The lowest BCUT2D eigenvalue weighted by Crippen LogP contribution is -2.46. The summed E-state index contributed by atoms with van der Waals surface area (Å²) in [5, 5.41) is 4.08. The molecule has 0 radical (unpaired) electrons. The van der Waals surface area contributed by atoms with Gasteiger partial charge < -0.3 is 10.1 Å². The second kappa shape index (κ2) is 7.23. The van der Waals surface area contributed by atoms with E-state index in [0.29, 0.717) is 13.2 Å². The maximum Gasteiger partial charge on any atom is 0.226 e. The number of ether oxygens (including phenoxy) is 1. The van der Waals surface area contributed by atoms with E-state index in [0.717, 1.165) is 41.1 Å². The summed E-state index contributed by atoms with van der Waals surface area (Å²) in [4.78, 5) is 18.1. The molecule has 4 nitrogen and oxygen atoms in total. The van der Waals surface area contributed by atoms with Crippen LogP contribution in [0.4, 0.5) is 0 Å². The first-order valence-corrected chi connectivity index (χ1v) is 8.82. The molecule has 122 valence electrons. The number of hydrogen-bond donors (Lipinski definition) is 1. The van der Waals surface area contributed by atoms with E-state index in [1.165, 1.54) is 0 Å². The van der Waals surface area contributed by atoms with Crippen molar-refractivity contribution in [3.63, 3.8) is 0 Å². The summed E-state index contributed by atoms with van der Waals surface area (Å²) in [6.45, 7) is 1.20. The van der Waals surface area contributed by atoms with Gasteiger partial charge in [0.05, 0.1) is 12.0 Å². The molecule has 2 aromatic rings. The average molecular weight is 330 g/mol. The monoisotopic (exact) mass is 330 g/mol. The Balaban J connectivity index is 1.58. The largest absolute Gasteiger partial charge is 0.385 e. The lowest BCUT2D eigenvalue weighted by atomic mass is 9.66. The Morgan fingerprint density at radius 3 is 2.78 bits per heavy atom. The summed E-state index contributed by atoms with van der Waals surface area (Å²) < 4.78 is 5.15. The maximum atomic E-state index is 12.5. The Labute approximate surface area is 140 Å². The van der Waals surface area contributed by atoms with E-state index in [1.807, 2.05) is 24.4 Å². The predicted octanol–water partition coefficient (Wildman–Crippen LogP) is 3.63. The molecule has 23 heavy (non-hydrogen) atoms. The van der Waals surface area contributed by atoms with E-state index in [4.69, 9.17) is 4.74 Å². The molecule has 0 atom stereocenters. The topological polar surface area (TPSA) is 51.2 Å². The van der Waals surface area contributed by atoms with Crippen LogP contribution in [0.2, 0.25) is 0 Å². The van der Waals surface area contributed by atoms with Gasteiger partial charge in [-0.15, -0.1) is 11.3 Å². The molecule has 1 aliphatic rings. The molecule has 1 N–H and O–H groups in total. The fourth-order valence-electron chi connectivity index (χ4n) is 2.95.